The van der Waals surface area contributed by atoms with Gasteiger partial charge < -0.3 is 4.90 Å². The largest absolute Gasteiger partial charge is 0.330 e. The maximum atomic E-state index is 12.8. The Morgan fingerprint density at radius 2 is 2.00 bits per heavy atom. The van der Waals surface area contributed by atoms with Crippen LogP contribution in [0.5, 0.6) is 0 Å². The van der Waals surface area contributed by atoms with Gasteiger partial charge >= 0.3 is 0 Å². The molecule has 1 aromatic carbocycles. The van der Waals surface area contributed by atoms with Crippen molar-refractivity contribution in [3.05, 3.63) is 63.9 Å². The topological polar surface area (TPSA) is 33.2 Å². The lowest BCUT2D eigenvalue weighted by Crippen LogP contribution is -2.37. The summed E-state index contributed by atoms with van der Waals surface area (Å²) in [4.78, 5) is 19.0. The Morgan fingerprint density at radius 1 is 1.24 bits per heavy atom. The van der Waals surface area contributed by atoms with Crippen LogP contribution in [0.3, 0.4) is 0 Å². The molecule has 1 amide bonds. The molecular weight excluding hydrogens is 328 g/mol. The van der Waals surface area contributed by atoms with Crippen molar-refractivity contribution >= 4 is 21.8 Å². The molecule has 4 heteroatoms. The molecule has 2 rings (SSSR count). The Balaban J connectivity index is 2.30. The minimum Gasteiger partial charge on any atom is -0.330 e. The van der Waals surface area contributed by atoms with Gasteiger partial charge in [-0.05, 0) is 50.6 Å². The summed E-state index contributed by atoms with van der Waals surface area (Å²) in [5.41, 5.74) is 2.59. The van der Waals surface area contributed by atoms with Crippen LogP contribution in [0.1, 0.15) is 35.5 Å². The minimum atomic E-state index is 0.0365. The number of carbonyl (C=O) groups excluding carboxylic acids is 1. The van der Waals surface area contributed by atoms with Crippen LogP contribution in [-0.4, -0.2) is 21.8 Å². The van der Waals surface area contributed by atoms with Gasteiger partial charge in [0.05, 0.1) is 12.2 Å². The van der Waals surface area contributed by atoms with Crippen LogP contribution in [0, 0.1) is 6.92 Å². The molecule has 0 bridgehead atoms. The summed E-state index contributed by atoms with van der Waals surface area (Å²) in [6, 6.07) is 11.6. The maximum Gasteiger partial charge on any atom is 0.254 e. The zero-order valence-corrected chi connectivity index (χ0v) is 14.1. The number of halogens is 1. The molecule has 0 aliphatic heterocycles. The van der Waals surface area contributed by atoms with E-state index in [0.717, 1.165) is 21.3 Å². The van der Waals surface area contributed by atoms with Crippen molar-refractivity contribution in [3.8, 4) is 0 Å². The molecule has 3 nitrogen and oxygen atoms in total. The highest BCUT2D eigenvalue weighted by Gasteiger charge is 2.21. The van der Waals surface area contributed by atoms with Crippen LogP contribution >= 0.6 is 15.9 Å². The third-order valence-corrected chi connectivity index (χ3v) is 4.30. The number of hydrogen-bond donors (Lipinski definition) is 0. The fraction of sp³-hybridized carbons (Fsp3) is 0.294. The van der Waals surface area contributed by atoms with Crippen LogP contribution in [0.4, 0.5) is 0 Å². The SMILES string of the molecule is Cc1c(Br)cccc1C(=O)N(Cc1ccccn1)C(C)C. The van der Waals surface area contributed by atoms with Gasteiger partial charge in [0, 0.05) is 22.3 Å². The van der Waals surface area contributed by atoms with E-state index < -0.39 is 0 Å². The molecule has 1 aromatic heterocycles. The number of rotatable bonds is 4. The first-order chi connectivity index (χ1) is 10.0. The van der Waals surface area contributed by atoms with Crippen LogP contribution in [0.2, 0.25) is 0 Å². The molecule has 1 heterocycles. The number of hydrogen-bond acceptors (Lipinski definition) is 2. The lowest BCUT2D eigenvalue weighted by molar-refractivity contribution is 0.0687. The van der Waals surface area contributed by atoms with Crippen molar-refractivity contribution in [3.63, 3.8) is 0 Å². The summed E-state index contributed by atoms with van der Waals surface area (Å²) in [7, 11) is 0. The van der Waals surface area contributed by atoms with Crippen molar-refractivity contribution in [1.82, 2.24) is 9.88 Å². The first-order valence-corrected chi connectivity index (χ1v) is 7.76. The third-order valence-electron chi connectivity index (χ3n) is 3.44. The molecule has 21 heavy (non-hydrogen) atoms. The molecule has 0 unspecified atom stereocenters. The Labute approximate surface area is 134 Å². The summed E-state index contributed by atoms with van der Waals surface area (Å²) in [6.07, 6.45) is 1.75. The normalized spacial score (nSPS) is 10.7. The summed E-state index contributed by atoms with van der Waals surface area (Å²) in [6.45, 7) is 6.52. The van der Waals surface area contributed by atoms with Gasteiger partial charge in [0.2, 0.25) is 0 Å². The monoisotopic (exact) mass is 346 g/mol. The second kappa shape index (κ2) is 6.85. The number of pyridine rings is 1. The molecule has 0 N–H and O–H groups in total. The third kappa shape index (κ3) is 3.70. The summed E-state index contributed by atoms with van der Waals surface area (Å²) >= 11 is 3.48. The highest BCUT2D eigenvalue weighted by atomic mass is 79.9. The Morgan fingerprint density at radius 3 is 2.62 bits per heavy atom. The first-order valence-electron chi connectivity index (χ1n) is 6.96. The summed E-state index contributed by atoms with van der Waals surface area (Å²) in [5.74, 6) is 0.0365. The van der Waals surface area contributed by atoms with Crippen LogP contribution in [0.25, 0.3) is 0 Å². The number of benzene rings is 1. The summed E-state index contributed by atoms with van der Waals surface area (Å²) < 4.78 is 0.954. The number of nitrogens with zero attached hydrogens (tertiary/aromatic N) is 2. The number of aromatic nitrogens is 1. The molecule has 110 valence electrons. The van der Waals surface area contributed by atoms with Gasteiger partial charge in [-0.1, -0.05) is 28.1 Å². The quantitative estimate of drug-likeness (QED) is 0.830. The van der Waals surface area contributed by atoms with Crippen LogP contribution < -0.4 is 0 Å². The Hall–Kier alpha value is -1.68. The van der Waals surface area contributed by atoms with Gasteiger partial charge in [-0.15, -0.1) is 0 Å². The molecule has 0 aliphatic rings. The number of amides is 1. The molecule has 0 saturated heterocycles. The molecule has 0 atom stereocenters. The van der Waals surface area contributed by atoms with E-state index in [1.165, 1.54) is 0 Å². The molecule has 0 saturated carbocycles. The molecule has 0 fully saturated rings. The molecule has 2 aromatic rings. The zero-order chi connectivity index (χ0) is 15.4. The zero-order valence-electron chi connectivity index (χ0n) is 12.5. The molecule has 0 spiro atoms. The molecule has 0 radical (unpaired) electrons. The Kier molecular flexibility index (Phi) is 5.12. The highest BCUT2D eigenvalue weighted by molar-refractivity contribution is 9.10. The highest BCUT2D eigenvalue weighted by Crippen LogP contribution is 2.22. The van der Waals surface area contributed by atoms with Gasteiger partial charge in [0.15, 0.2) is 0 Å². The van der Waals surface area contributed by atoms with Crippen LogP contribution in [0.15, 0.2) is 47.1 Å². The van der Waals surface area contributed by atoms with Crippen molar-refractivity contribution in [2.75, 3.05) is 0 Å². The van der Waals surface area contributed by atoms with E-state index in [9.17, 15) is 4.79 Å². The van der Waals surface area contributed by atoms with E-state index in [1.54, 1.807) is 6.20 Å². The second-order valence-electron chi connectivity index (χ2n) is 5.26. The lowest BCUT2D eigenvalue weighted by Gasteiger charge is -2.27. The van der Waals surface area contributed by atoms with Crippen LogP contribution in [-0.2, 0) is 6.54 Å². The first kappa shape index (κ1) is 15.7. The average Bonchev–Trinajstić information content (AvgIpc) is 2.48. The predicted molar refractivity (Wildman–Crippen MR) is 88.1 cm³/mol. The molecular formula is C17H19BrN2O. The summed E-state index contributed by atoms with van der Waals surface area (Å²) in [5, 5.41) is 0. The maximum absolute atomic E-state index is 12.8. The van der Waals surface area contributed by atoms with Gasteiger partial charge in [-0.25, -0.2) is 0 Å². The lowest BCUT2D eigenvalue weighted by atomic mass is 10.1. The predicted octanol–water partition coefficient (Wildman–Crippen LogP) is 4.20. The van der Waals surface area contributed by atoms with Crippen molar-refractivity contribution in [2.24, 2.45) is 0 Å². The van der Waals surface area contributed by atoms with Crippen molar-refractivity contribution in [1.29, 1.82) is 0 Å². The van der Waals surface area contributed by atoms with Gasteiger partial charge in [0.25, 0.3) is 5.91 Å². The van der Waals surface area contributed by atoms with E-state index in [0.29, 0.717) is 6.54 Å². The van der Waals surface area contributed by atoms with E-state index in [1.807, 2.05) is 62.1 Å². The van der Waals surface area contributed by atoms with Gasteiger partial charge in [-0.3, -0.25) is 9.78 Å². The fourth-order valence-electron chi connectivity index (χ4n) is 2.15. The van der Waals surface area contributed by atoms with E-state index >= 15 is 0 Å². The average molecular weight is 347 g/mol. The van der Waals surface area contributed by atoms with Gasteiger partial charge in [-0.2, -0.15) is 0 Å². The standard InChI is InChI=1S/C17H19BrN2O/c1-12(2)20(11-14-7-4-5-10-19-14)17(21)15-8-6-9-16(18)13(15)3/h4-10,12H,11H2,1-3H3. The number of carbonyl (C=O) groups is 1. The fourth-order valence-corrected chi connectivity index (χ4v) is 2.52. The minimum absolute atomic E-state index is 0.0365. The van der Waals surface area contributed by atoms with E-state index in [2.05, 4.69) is 20.9 Å². The Bertz CT molecular complexity index is 626. The van der Waals surface area contributed by atoms with Gasteiger partial charge in [0.1, 0.15) is 0 Å². The van der Waals surface area contributed by atoms with E-state index in [-0.39, 0.29) is 11.9 Å². The smallest absolute Gasteiger partial charge is 0.254 e. The van der Waals surface area contributed by atoms with Crippen molar-refractivity contribution in [2.45, 2.75) is 33.4 Å². The second-order valence-corrected chi connectivity index (χ2v) is 6.11. The van der Waals surface area contributed by atoms with E-state index in [4.69, 9.17) is 0 Å². The molecule has 0 aliphatic carbocycles. The van der Waals surface area contributed by atoms with Crippen molar-refractivity contribution < 1.29 is 4.79 Å².